The summed E-state index contributed by atoms with van der Waals surface area (Å²) in [5.41, 5.74) is 0.419. The Morgan fingerprint density at radius 1 is 1.29 bits per heavy atom. The van der Waals surface area contributed by atoms with Gasteiger partial charge >= 0.3 is 5.76 Å². The van der Waals surface area contributed by atoms with E-state index in [9.17, 15) is 17.6 Å². The maximum Gasteiger partial charge on any atom is 0.446 e. The van der Waals surface area contributed by atoms with E-state index in [1.807, 2.05) is 0 Å². The molecule has 0 atom stereocenters. The molecule has 15 heteroatoms. The molecular formula is C13H10BrFN6O5S2. The largest absolute Gasteiger partial charge is 0.446 e. The van der Waals surface area contributed by atoms with Crippen LogP contribution >= 0.6 is 27.7 Å². The fourth-order valence-corrected chi connectivity index (χ4v) is 4.96. The van der Waals surface area contributed by atoms with Gasteiger partial charge < -0.3 is 0 Å². The van der Waals surface area contributed by atoms with Gasteiger partial charge in [-0.25, -0.2) is 23.5 Å². The molecule has 2 aromatic heterocycles. The third-order valence-corrected chi connectivity index (χ3v) is 6.64. The monoisotopic (exact) mass is 492 g/mol. The Bertz CT molecular complexity index is 1200. The summed E-state index contributed by atoms with van der Waals surface area (Å²) in [7, 11) is -3.73. The van der Waals surface area contributed by atoms with Crippen molar-refractivity contribution in [3.8, 4) is 17.2 Å². The molecular weight excluding hydrogens is 483 g/mol. The molecule has 11 nitrogen and oxygen atoms in total. The lowest BCUT2D eigenvalue weighted by atomic mass is 10.3. The maximum absolute atomic E-state index is 13.5. The van der Waals surface area contributed by atoms with Crippen LogP contribution in [-0.2, 0) is 10.2 Å². The average Bonchev–Trinajstić information content (AvgIpc) is 3.18. The number of nitrogens with two attached hydrogens (primary N) is 1. The number of benzene rings is 1. The number of rotatable bonds is 5. The Morgan fingerprint density at radius 3 is 2.71 bits per heavy atom. The van der Waals surface area contributed by atoms with E-state index in [-0.39, 0.29) is 40.0 Å². The molecule has 3 heterocycles. The van der Waals surface area contributed by atoms with Gasteiger partial charge in [0, 0.05) is 18.3 Å². The van der Waals surface area contributed by atoms with Gasteiger partial charge in [-0.2, -0.15) is 12.7 Å². The molecule has 0 amide bonds. The van der Waals surface area contributed by atoms with E-state index >= 15 is 0 Å². The molecule has 1 saturated heterocycles. The van der Waals surface area contributed by atoms with Crippen LogP contribution in [0.25, 0.3) is 17.2 Å². The minimum atomic E-state index is -3.73. The fourth-order valence-electron chi connectivity index (χ4n) is 2.49. The topological polar surface area (TPSA) is 150 Å². The Kier molecular flexibility index (Phi) is 4.86. The van der Waals surface area contributed by atoms with Crippen molar-refractivity contribution in [2.75, 3.05) is 13.1 Å². The van der Waals surface area contributed by atoms with Crippen molar-refractivity contribution < 1.29 is 22.0 Å². The summed E-state index contributed by atoms with van der Waals surface area (Å²) in [5, 5.41) is 16.5. The first-order valence-corrected chi connectivity index (χ1v) is 10.7. The molecule has 1 aromatic carbocycles. The minimum Gasteiger partial charge on any atom is -0.295 e. The van der Waals surface area contributed by atoms with Gasteiger partial charge in [-0.1, -0.05) is 16.9 Å². The van der Waals surface area contributed by atoms with Gasteiger partial charge in [0.15, 0.2) is 10.7 Å². The molecule has 0 bridgehead atoms. The van der Waals surface area contributed by atoms with Crippen molar-refractivity contribution in [2.45, 2.75) is 10.3 Å². The smallest absolute Gasteiger partial charge is 0.295 e. The lowest BCUT2D eigenvalue weighted by Crippen LogP contribution is -2.54. The van der Waals surface area contributed by atoms with E-state index in [1.54, 1.807) is 0 Å². The molecule has 1 fully saturated rings. The van der Waals surface area contributed by atoms with E-state index in [1.165, 1.54) is 30.0 Å². The molecule has 3 aromatic rings. The number of halogens is 2. The summed E-state index contributed by atoms with van der Waals surface area (Å²) < 4.78 is 47.9. The molecule has 0 radical (unpaired) electrons. The molecule has 28 heavy (non-hydrogen) atoms. The molecule has 148 valence electrons. The first-order chi connectivity index (χ1) is 13.2. The maximum atomic E-state index is 13.5. The first-order valence-electron chi connectivity index (χ1n) is 7.55. The Hall–Kier alpha value is -2.07. The van der Waals surface area contributed by atoms with Crippen molar-refractivity contribution in [2.24, 2.45) is 5.14 Å². The van der Waals surface area contributed by atoms with E-state index < -0.39 is 21.8 Å². The van der Waals surface area contributed by atoms with Crippen LogP contribution in [-0.4, -0.2) is 51.1 Å². The molecule has 1 aliphatic heterocycles. The van der Waals surface area contributed by atoms with Gasteiger partial charge in [0.2, 0.25) is 5.82 Å². The third kappa shape index (κ3) is 3.50. The highest BCUT2D eigenvalue weighted by atomic mass is 79.9. The second-order valence-corrected chi connectivity index (χ2v) is 9.42. The van der Waals surface area contributed by atoms with Crippen LogP contribution in [0.5, 0.6) is 0 Å². The van der Waals surface area contributed by atoms with E-state index in [0.717, 1.165) is 8.87 Å². The average molecular weight is 493 g/mol. The zero-order valence-electron chi connectivity index (χ0n) is 13.7. The zero-order chi connectivity index (χ0) is 20.1. The van der Waals surface area contributed by atoms with Crippen LogP contribution in [0, 0.1) is 5.82 Å². The van der Waals surface area contributed by atoms with Crippen molar-refractivity contribution in [3.05, 3.63) is 39.0 Å². The lowest BCUT2D eigenvalue weighted by molar-refractivity contribution is 0.297. The third-order valence-electron chi connectivity index (χ3n) is 3.89. The van der Waals surface area contributed by atoms with E-state index in [0.29, 0.717) is 5.03 Å². The van der Waals surface area contributed by atoms with Gasteiger partial charge in [0.1, 0.15) is 5.82 Å². The quantitative estimate of drug-likeness (QED) is 0.543. The number of aromatic nitrogens is 4. The second kappa shape index (κ2) is 7.07. The standard InChI is InChI=1S/C13H10BrFN6O5S2/c14-8-3-6(1-2-9(8)15)21-11(18-25-13(21)22)10-12(19-26-17-10)27-7-4-20(5-7)28(16,23)24/h1-3,7H,4-5H2,(H2,16,23,24). The lowest BCUT2D eigenvalue weighted by Gasteiger charge is -2.35. The molecule has 4 rings (SSSR count). The van der Waals surface area contributed by atoms with Gasteiger partial charge in [-0.3, -0.25) is 4.52 Å². The number of thioether (sulfide) groups is 1. The molecule has 0 aliphatic carbocycles. The summed E-state index contributed by atoms with van der Waals surface area (Å²) in [5.74, 6) is -1.30. The summed E-state index contributed by atoms with van der Waals surface area (Å²) in [6.45, 7) is 0.401. The van der Waals surface area contributed by atoms with Gasteiger partial charge in [0.05, 0.1) is 10.2 Å². The van der Waals surface area contributed by atoms with Gasteiger partial charge in [-0.15, -0.1) is 0 Å². The summed E-state index contributed by atoms with van der Waals surface area (Å²) in [6, 6.07) is 3.93. The summed E-state index contributed by atoms with van der Waals surface area (Å²) >= 11 is 4.26. The van der Waals surface area contributed by atoms with Crippen molar-refractivity contribution >= 4 is 37.9 Å². The fraction of sp³-hybridized carbons (Fsp3) is 0.231. The number of hydrogen-bond acceptors (Lipinski definition) is 9. The van der Waals surface area contributed by atoms with Gasteiger partial charge in [0.25, 0.3) is 10.2 Å². The highest BCUT2D eigenvalue weighted by Crippen LogP contribution is 2.35. The van der Waals surface area contributed by atoms with Gasteiger partial charge in [-0.05, 0) is 44.4 Å². The van der Waals surface area contributed by atoms with Crippen molar-refractivity contribution in [3.63, 3.8) is 0 Å². The van der Waals surface area contributed by atoms with Crippen LogP contribution in [0.3, 0.4) is 0 Å². The highest BCUT2D eigenvalue weighted by molar-refractivity contribution is 9.10. The molecule has 0 spiro atoms. The van der Waals surface area contributed by atoms with Crippen molar-refractivity contribution in [1.82, 2.24) is 24.3 Å². The van der Waals surface area contributed by atoms with Crippen LogP contribution in [0.1, 0.15) is 0 Å². The SMILES string of the molecule is NS(=O)(=O)N1CC(Sc2nonc2-c2noc(=O)n2-c2ccc(F)c(Br)c2)C1. The molecule has 1 aliphatic rings. The van der Waals surface area contributed by atoms with Crippen LogP contribution in [0.15, 0.2) is 41.6 Å². The summed E-state index contributed by atoms with van der Waals surface area (Å²) in [6.07, 6.45) is 0. The van der Waals surface area contributed by atoms with Crippen LogP contribution in [0.4, 0.5) is 4.39 Å². The molecule has 0 unspecified atom stereocenters. The van der Waals surface area contributed by atoms with Crippen LogP contribution < -0.4 is 10.9 Å². The Morgan fingerprint density at radius 2 is 2.04 bits per heavy atom. The highest BCUT2D eigenvalue weighted by Gasteiger charge is 2.36. The van der Waals surface area contributed by atoms with Crippen molar-refractivity contribution in [1.29, 1.82) is 0 Å². The van der Waals surface area contributed by atoms with Crippen LogP contribution in [0.2, 0.25) is 0 Å². The normalized spacial score (nSPS) is 15.7. The molecule has 2 N–H and O–H groups in total. The molecule has 0 saturated carbocycles. The predicted molar refractivity (Wildman–Crippen MR) is 97.4 cm³/mol. The first kappa shape index (κ1) is 19.3. The number of nitrogens with zero attached hydrogens (tertiary/aromatic N) is 5. The zero-order valence-corrected chi connectivity index (χ0v) is 16.9. The second-order valence-electron chi connectivity index (χ2n) is 5.73. The summed E-state index contributed by atoms with van der Waals surface area (Å²) in [4.78, 5) is 12.1. The van der Waals surface area contributed by atoms with E-state index in [2.05, 4.69) is 31.4 Å². The van der Waals surface area contributed by atoms with E-state index in [4.69, 9.17) is 14.3 Å². The number of hydrogen-bond donors (Lipinski definition) is 1. The Labute approximate surface area is 168 Å². The Balaban J connectivity index is 1.65. The predicted octanol–water partition coefficient (Wildman–Crippen LogP) is 0.757. The minimum absolute atomic E-state index is 0.00915.